The lowest BCUT2D eigenvalue weighted by Crippen LogP contribution is -2.49. The lowest BCUT2D eigenvalue weighted by atomic mass is 9.74. The van der Waals surface area contributed by atoms with Crippen LogP contribution in [0.4, 0.5) is 4.79 Å². The van der Waals surface area contributed by atoms with Crippen LogP contribution >= 0.6 is 11.3 Å². The van der Waals surface area contributed by atoms with Gasteiger partial charge in [-0.15, -0.1) is 11.3 Å². The molecule has 1 aliphatic rings. The number of carbonyl (C=O) groups is 1. The van der Waals surface area contributed by atoms with E-state index in [1.807, 2.05) is 5.38 Å². The highest BCUT2D eigenvalue weighted by atomic mass is 32.1. The van der Waals surface area contributed by atoms with Crippen molar-refractivity contribution < 1.29 is 15.0 Å². The Hall–Kier alpha value is -1.14. The number of thiazole rings is 1. The molecule has 6 heteroatoms. The van der Waals surface area contributed by atoms with Crippen LogP contribution in [-0.4, -0.2) is 27.3 Å². The van der Waals surface area contributed by atoms with Gasteiger partial charge >= 0.3 is 6.09 Å². The van der Waals surface area contributed by atoms with Gasteiger partial charge in [0.2, 0.25) is 0 Å². The molecule has 1 heterocycles. The summed E-state index contributed by atoms with van der Waals surface area (Å²) >= 11 is 1.41. The molecule has 18 heavy (non-hydrogen) atoms. The molecule has 1 aromatic heterocycles. The maximum Gasteiger partial charge on any atom is 0.404 e. The summed E-state index contributed by atoms with van der Waals surface area (Å²) in [6.07, 6.45) is 4.24. The first kappa shape index (κ1) is 13.3. The molecular weight excluding hydrogens is 252 g/mol. The maximum absolute atomic E-state index is 10.8. The van der Waals surface area contributed by atoms with Gasteiger partial charge in [-0.3, -0.25) is 0 Å². The van der Waals surface area contributed by atoms with E-state index in [-0.39, 0.29) is 12.0 Å². The first-order chi connectivity index (χ1) is 8.51. The number of aromatic nitrogens is 1. The van der Waals surface area contributed by atoms with E-state index in [4.69, 9.17) is 5.11 Å². The summed E-state index contributed by atoms with van der Waals surface area (Å²) in [7, 11) is 0. The normalized spacial score (nSPS) is 27.4. The molecule has 1 aliphatic carbocycles. The average Bonchev–Trinajstić information content (AvgIpc) is 2.82. The lowest BCUT2D eigenvalue weighted by Gasteiger charge is -2.39. The van der Waals surface area contributed by atoms with Gasteiger partial charge in [0.05, 0.1) is 0 Å². The second-order valence-corrected chi connectivity index (χ2v) is 5.83. The molecule has 0 saturated heterocycles. The highest BCUT2D eigenvalue weighted by molar-refractivity contribution is 7.09. The number of amides is 1. The van der Waals surface area contributed by atoms with Crippen LogP contribution in [0, 0.1) is 5.92 Å². The highest BCUT2D eigenvalue weighted by Crippen LogP contribution is 2.39. The number of rotatable bonds is 3. The van der Waals surface area contributed by atoms with Crippen LogP contribution < -0.4 is 5.32 Å². The Morgan fingerprint density at radius 1 is 1.56 bits per heavy atom. The third-order valence-corrected chi connectivity index (χ3v) is 4.66. The van der Waals surface area contributed by atoms with E-state index in [2.05, 4.69) is 10.3 Å². The van der Waals surface area contributed by atoms with Crippen molar-refractivity contribution in [2.24, 2.45) is 5.92 Å². The Labute approximate surface area is 110 Å². The average molecular weight is 270 g/mol. The molecule has 1 fully saturated rings. The van der Waals surface area contributed by atoms with Crippen LogP contribution in [0.3, 0.4) is 0 Å². The number of hydrogen-bond acceptors (Lipinski definition) is 4. The monoisotopic (exact) mass is 270 g/mol. The largest absolute Gasteiger partial charge is 0.465 e. The van der Waals surface area contributed by atoms with E-state index in [9.17, 15) is 9.90 Å². The van der Waals surface area contributed by atoms with Crippen molar-refractivity contribution in [2.45, 2.75) is 44.2 Å². The van der Waals surface area contributed by atoms with Crippen molar-refractivity contribution in [1.82, 2.24) is 10.3 Å². The predicted molar refractivity (Wildman–Crippen MR) is 68.6 cm³/mol. The van der Waals surface area contributed by atoms with Gasteiger partial charge in [-0.25, -0.2) is 9.78 Å². The maximum atomic E-state index is 10.8. The molecule has 1 saturated carbocycles. The molecule has 5 nitrogen and oxygen atoms in total. The second-order valence-electron chi connectivity index (χ2n) is 4.93. The van der Waals surface area contributed by atoms with E-state index in [1.165, 1.54) is 11.3 Å². The van der Waals surface area contributed by atoms with Gasteiger partial charge in [0, 0.05) is 23.5 Å². The van der Waals surface area contributed by atoms with E-state index >= 15 is 0 Å². The lowest BCUT2D eigenvalue weighted by molar-refractivity contribution is -0.0353. The van der Waals surface area contributed by atoms with Gasteiger partial charge in [-0.1, -0.05) is 12.8 Å². The summed E-state index contributed by atoms with van der Waals surface area (Å²) in [5.41, 5.74) is -1.07. The van der Waals surface area contributed by atoms with Crippen LogP contribution in [0.1, 0.15) is 37.6 Å². The van der Waals surface area contributed by atoms with Crippen LogP contribution in [0.5, 0.6) is 0 Å². The summed E-state index contributed by atoms with van der Waals surface area (Å²) in [6, 6.07) is -0.199. The first-order valence-corrected chi connectivity index (χ1v) is 7.01. The fourth-order valence-electron chi connectivity index (χ4n) is 2.77. The topological polar surface area (TPSA) is 82.5 Å². The van der Waals surface area contributed by atoms with Crippen molar-refractivity contribution >= 4 is 17.4 Å². The van der Waals surface area contributed by atoms with Crippen LogP contribution in [0.15, 0.2) is 11.6 Å². The number of aliphatic hydroxyl groups is 1. The molecule has 3 N–H and O–H groups in total. The van der Waals surface area contributed by atoms with Gasteiger partial charge in [-0.2, -0.15) is 0 Å². The third-order valence-electron chi connectivity index (χ3n) is 3.66. The Kier molecular flexibility index (Phi) is 3.87. The minimum atomic E-state index is -1.07. The summed E-state index contributed by atoms with van der Waals surface area (Å²) in [5, 5.41) is 24.6. The smallest absolute Gasteiger partial charge is 0.404 e. The zero-order valence-electron chi connectivity index (χ0n) is 10.3. The standard InChI is InChI=1S/C12H18N2O3S/c1-12(17,10-13-6-7-18-10)8-4-2-3-5-9(8)14-11(15)16/h6-9,14,17H,2-5H2,1H3,(H,15,16). The molecule has 0 radical (unpaired) electrons. The Bertz CT molecular complexity index is 405. The summed E-state index contributed by atoms with van der Waals surface area (Å²) in [5.74, 6) is -0.117. The number of carboxylic acid groups (broad SMARTS) is 1. The van der Waals surface area contributed by atoms with Gasteiger partial charge in [-0.05, 0) is 19.8 Å². The number of nitrogens with one attached hydrogen (secondary N) is 1. The minimum Gasteiger partial charge on any atom is -0.465 e. The minimum absolute atomic E-state index is 0.117. The summed E-state index contributed by atoms with van der Waals surface area (Å²) in [4.78, 5) is 15.0. The number of nitrogens with zero attached hydrogens (tertiary/aromatic N) is 1. The molecule has 0 aromatic carbocycles. The molecule has 3 atom stereocenters. The highest BCUT2D eigenvalue weighted by Gasteiger charge is 2.42. The molecule has 0 spiro atoms. The number of hydrogen-bond donors (Lipinski definition) is 3. The van der Waals surface area contributed by atoms with Gasteiger partial charge in [0.1, 0.15) is 10.6 Å². The van der Waals surface area contributed by atoms with Crippen LogP contribution in [0.2, 0.25) is 0 Å². The molecule has 0 bridgehead atoms. The molecule has 1 amide bonds. The molecule has 100 valence electrons. The molecule has 3 unspecified atom stereocenters. The summed E-state index contributed by atoms with van der Waals surface area (Å²) in [6.45, 7) is 1.73. The van der Waals surface area contributed by atoms with Crippen LogP contribution in [-0.2, 0) is 5.60 Å². The van der Waals surface area contributed by atoms with Gasteiger partial charge in [0.15, 0.2) is 0 Å². The SMILES string of the molecule is CC(O)(c1nccs1)C1CCCCC1NC(=O)O. The van der Waals surface area contributed by atoms with Crippen molar-refractivity contribution in [1.29, 1.82) is 0 Å². The summed E-state index contributed by atoms with van der Waals surface area (Å²) < 4.78 is 0. The van der Waals surface area contributed by atoms with E-state index in [0.717, 1.165) is 25.7 Å². The van der Waals surface area contributed by atoms with E-state index < -0.39 is 11.7 Å². The molecular formula is C12H18N2O3S. The van der Waals surface area contributed by atoms with E-state index in [0.29, 0.717) is 5.01 Å². The van der Waals surface area contributed by atoms with Gasteiger partial charge < -0.3 is 15.5 Å². The molecule has 1 aromatic rings. The third kappa shape index (κ3) is 2.64. The van der Waals surface area contributed by atoms with Crippen molar-refractivity contribution in [3.05, 3.63) is 16.6 Å². The zero-order valence-corrected chi connectivity index (χ0v) is 11.1. The molecule has 0 aliphatic heterocycles. The van der Waals surface area contributed by atoms with Gasteiger partial charge in [0.25, 0.3) is 0 Å². The zero-order chi connectivity index (χ0) is 13.2. The van der Waals surface area contributed by atoms with Crippen molar-refractivity contribution in [3.8, 4) is 0 Å². The quantitative estimate of drug-likeness (QED) is 0.786. The first-order valence-electron chi connectivity index (χ1n) is 6.13. The predicted octanol–water partition coefficient (Wildman–Crippen LogP) is 2.18. The Balaban J connectivity index is 2.20. The fourth-order valence-corrected chi connectivity index (χ4v) is 3.53. The van der Waals surface area contributed by atoms with Crippen LogP contribution in [0.25, 0.3) is 0 Å². The van der Waals surface area contributed by atoms with E-state index in [1.54, 1.807) is 13.1 Å². The molecule has 2 rings (SSSR count). The Morgan fingerprint density at radius 3 is 2.89 bits per heavy atom. The van der Waals surface area contributed by atoms with Crippen molar-refractivity contribution in [3.63, 3.8) is 0 Å². The van der Waals surface area contributed by atoms with Crippen molar-refractivity contribution in [2.75, 3.05) is 0 Å². The Morgan fingerprint density at radius 2 is 2.28 bits per heavy atom. The fraction of sp³-hybridized carbons (Fsp3) is 0.667. The second kappa shape index (κ2) is 5.24.